The predicted molar refractivity (Wildman–Crippen MR) is 87.4 cm³/mol. The van der Waals surface area contributed by atoms with Gasteiger partial charge in [0.05, 0.1) is 18.2 Å². The molecule has 1 aliphatic heterocycles. The molecule has 0 amide bonds. The Balaban J connectivity index is 1.62. The summed E-state index contributed by atoms with van der Waals surface area (Å²) in [6.07, 6.45) is 5.89. The van der Waals surface area contributed by atoms with Crippen LogP contribution in [0.25, 0.3) is 0 Å². The van der Waals surface area contributed by atoms with Gasteiger partial charge in [0.1, 0.15) is 11.9 Å². The molecule has 0 spiro atoms. The topological polar surface area (TPSA) is 81.6 Å². The summed E-state index contributed by atoms with van der Waals surface area (Å²) >= 11 is 0. The molecule has 128 valence electrons. The Labute approximate surface area is 141 Å². The first kappa shape index (κ1) is 16.7. The SMILES string of the molecule is COc1ccc(S(=O)(=O)N2CCC(Oc3cnccn3)CC2)cc1. The molecule has 0 bridgehead atoms. The Bertz CT molecular complexity index is 758. The van der Waals surface area contributed by atoms with Gasteiger partial charge in [0.25, 0.3) is 0 Å². The quantitative estimate of drug-likeness (QED) is 0.817. The van der Waals surface area contributed by atoms with Gasteiger partial charge in [0.2, 0.25) is 15.9 Å². The van der Waals surface area contributed by atoms with Crippen molar-refractivity contribution in [1.29, 1.82) is 0 Å². The molecule has 0 radical (unpaired) electrons. The second-order valence-corrected chi connectivity index (χ2v) is 7.38. The van der Waals surface area contributed by atoms with E-state index in [0.717, 1.165) is 0 Å². The Morgan fingerprint density at radius 2 is 1.83 bits per heavy atom. The van der Waals surface area contributed by atoms with Gasteiger partial charge in [0, 0.05) is 25.5 Å². The second kappa shape index (κ2) is 7.14. The molecule has 2 heterocycles. The minimum absolute atomic E-state index is 0.0518. The molecule has 1 aliphatic rings. The Morgan fingerprint density at radius 3 is 2.42 bits per heavy atom. The molecule has 1 fully saturated rings. The maximum absolute atomic E-state index is 12.7. The van der Waals surface area contributed by atoms with Gasteiger partial charge in [-0.3, -0.25) is 4.98 Å². The van der Waals surface area contributed by atoms with E-state index in [1.54, 1.807) is 50.0 Å². The molecular weight excluding hydrogens is 330 g/mol. The first-order valence-corrected chi connectivity index (χ1v) is 9.10. The van der Waals surface area contributed by atoms with Crippen LogP contribution in [0.5, 0.6) is 11.6 Å². The molecule has 24 heavy (non-hydrogen) atoms. The number of benzene rings is 1. The van der Waals surface area contributed by atoms with Gasteiger partial charge in [-0.15, -0.1) is 0 Å². The second-order valence-electron chi connectivity index (χ2n) is 5.44. The first-order valence-electron chi connectivity index (χ1n) is 7.66. The van der Waals surface area contributed by atoms with E-state index >= 15 is 0 Å². The number of methoxy groups -OCH3 is 1. The molecule has 1 saturated heterocycles. The van der Waals surface area contributed by atoms with Gasteiger partial charge in [-0.25, -0.2) is 13.4 Å². The minimum atomic E-state index is -3.49. The highest BCUT2D eigenvalue weighted by Crippen LogP contribution is 2.24. The summed E-state index contributed by atoms with van der Waals surface area (Å²) in [4.78, 5) is 8.30. The normalized spacial score (nSPS) is 16.7. The lowest BCUT2D eigenvalue weighted by Gasteiger charge is -2.31. The van der Waals surface area contributed by atoms with Crippen LogP contribution in [0.1, 0.15) is 12.8 Å². The van der Waals surface area contributed by atoms with Gasteiger partial charge in [-0.05, 0) is 37.1 Å². The summed E-state index contributed by atoms with van der Waals surface area (Å²) in [6, 6.07) is 6.43. The maximum atomic E-state index is 12.7. The van der Waals surface area contributed by atoms with E-state index in [2.05, 4.69) is 9.97 Å². The van der Waals surface area contributed by atoms with Crippen LogP contribution < -0.4 is 9.47 Å². The molecule has 3 rings (SSSR count). The number of sulfonamides is 1. The lowest BCUT2D eigenvalue weighted by Crippen LogP contribution is -2.41. The van der Waals surface area contributed by atoms with Crippen LogP contribution in [0.3, 0.4) is 0 Å². The fraction of sp³-hybridized carbons (Fsp3) is 0.375. The van der Waals surface area contributed by atoms with Crippen LogP contribution in [0.4, 0.5) is 0 Å². The van der Waals surface area contributed by atoms with Crippen LogP contribution in [-0.4, -0.2) is 49.0 Å². The molecular formula is C16H19N3O4S. The molecule has 0 unspecified atom stereocenters. The number of piperidine rings is 1. The van der Waals surface area contributed by atoms with Crippen LogP contribution in [-0.2, 0) is 10.0 Å². The van der Waals surface area contributed by atoms with Crippen molar-refractivity contribution in [1.82, 2.24) is 14.3 Å². The lowest BCUT2D eigenvalue weighted by atomic mass is 10.1. The van der Waals surface area contributed by atoms with Crippen LogP contribution >= 0.6 is 0 Å². The third kappa shape index (κ3) is 3.65. The standard InChI is InChI=1S/C16H19N3O4S/c1-22-13-2-4-15(5-3-13)24(20,21)19-10-6-14(7-11-19)23-16-12-17-8-9-18-16/h2-5,8-9,12,14H,6-7,10-11H2,1H3. The number of aromatic nitrogens is 2. The van der Waals surface area contributed by atoms with E-state index in [9.17, 15) is 8.42 Å². The molecule has 0 atom stereocenters. The van der Waals surface area contributed by atoms with Crippen LogP contribution in [0, 0.1) is 0 Å². The van der Waals surface area contributed by atoms with Gasteiger partial charge in [0.15, 0.2) is 0 Å². The number of nitrogens with zero attached hydrogens (tertiary/aromatic N) is 3. The van der Waals surface area contributed by atoms with Crippen LogP contribution in [0.15, 0.2) is 47.8 Å². The monoisotopic (exact) mass is 349 g/mol. The van der Waals surface area contributed by atoms with Gasteiger partial charge >= 0.3 is 0 Å². The third-order valence-corrected chi connectivity index (χ3v) is 5.84. The highest BCUT2D eigenvalue weighted by atomic mass is 32.2. The Kier molecular flexibility index (Phi) is 4.96. The number of hydrogen-bond donors (Lipinski definition) is 0. The van der Waals surface area contributed by atoms with Gasteiger partial charge < -0.3 is 9.47 Å². The largest absolute Gasteiger partial charge is 0.497 e. The number of rotatable bonds is 5. The highest BCUT2D eigenvalue weighted by Gasteiger charge is 2.30. The summed E-state index contributed by atoms with van der Waals surface area (Å²) in [7, 11) is -1.94. The molecule has 2 aromatic rings. The molecule has 7 nitrogen and oxygen atoms in total. The summed E-state index contributed by atoms with van der Waals surface area (Å²) in [5.74, 6) is 1.10. The van der Waals surface area contributed by atoms with E-state index in [-0.39, 0.29) is 11.0 Å². The fourth-order valence-corrected chi connectivity index (χ4v) is 4.07. The zero-order valence-electron chi connectivity index (χ0n) is 13.3. The minimum Gasteiger partial charge on any atom is -0.497 e. The molecule has 0 saturated carbocycles. The summed E-state index contributed by atoms with van der Waals surface area (Å²) in [5, 5.41) is 0. The Hall–Kier alpha value is -2.19. The van der Waals surface area contributed by atoms with Gasteiger partial charge in [-0.1, -0.05) is 0 Å². The lowest BCUT2D eigenvalue weighted by molar-refractivity contribution is 0.129. The van der Waals surface area contributed by atoms with E-state index in [4.69, 9.17) is 9.47 Å². The predicted octanol–water partition coefficient (Wildman–Crippen LogP) is 1.72. The van der Waals surface area contributed by atoms with Crippen molar-refractivity contribution in [3.8, 4) is 11.6 Å². The zero-order chi connectivity index (χ0) is 17.0. The average Bonchev–Trinajstić information content (AvgIpc) is 2.63. The van der Waals surface area contributed by atoms with Crippen molar-refractivity contribution in [2.75, 3.05) is 20.2 Å². The van der Waals surface area contributed by atoms with Crippen molar-refractivity contribution < 1.29 is 17.9 Å². The van der Waals surface area contributed by atoms with Crippen molar-refractivity contribution in [3.63, 3.8) is 0 Å². The molecule has 1 aromatic heterocycles. The van der Waals surface area contributed by atoms with Crippen molar-refractivity contribution in [2.45, 2.75) is 23.8 Å². The maximum Gasteiger partial charge on any atom is 0.243 e. The Morgan fingerprint density at radius 1 is 1.12 bits per heavy atom. The molecule has 0 N–H and O–H groups in total. The molecule has 1 aromatic carbocycles. The summed E-state index contributed by atoms with van der Waals surface area (Å²) < 4.78 is 37.6. The van der Waals surface area contributed by atoms with E-state index in [1.807, 2.05) is 0 Å². The van der Waals surface area contributed by atoms with E-state index in [1.165, 1.54) is 4.31 Å². The third-order valence-electron chi connectivity index (χ3n) is 3.93. The van der Waals surface area contributed by atoms with Crippen molar-refractivity contribution >= 4 is 10.0 Å². The average molecular weight is 349 g/mol. The first-order chi connectivity index (χ1) is 11.6. The number of hydrogen-bond acceptors (Lipinski definition) is 6. The smallest absolute Gasteiger partial charge is 0.243 e. The van der Waals surface area contributed by atoms with Gasteiger partial charge in [-0.2, -0.15) is 4.31 Å². The molecule has 0 aliphatic carbocycles. The van der Waals surface area contributed by atoms with Crippen LogP contribution in [0.2, 0.25) is 0 Å². The summed E-state index contributed by atoms with van der Waals surface area (Å²) in [5.41, 5.74) is 0. The van der Waals surface area contributed by atoms with E-state index < -0.39 is 10.0 Å². The highest BCUT2D eigenvalue weighted by molar-refractivity contribution is 7.89. The van der Waals surface area contributed by atoms with E-state index in [0.29, 0.717) is 37.6 Å². The van der Waals surface area contributed by atoms with Crippen molar-refractivity contribution in [3.05, 3.63) is 42.9 Å². The molecule has 8 heteroatoms. The fourth-order valence-electron chi connectivity index (χ4n) is 2.60. The summed E-state index contributed by atoms with van der Waals surface area (Å²) in [6.45, 7) is 0.832. The zero-order valence-corrected chi connectivity index (χ0v) is 14.1. The number of ether oxygens (including phenoxy) is 2. The van der Waals surface area contributed by atoms with Crippen molar-refractivity contribution in [2.24, 2.45) is 0 Å².